The van der Waals surface area contributed by atoms with Crippen molar-refractivity contribution in [2.75, 3.05) is 23.8 Å². The molecule has 1 aromatic rings. The summed E-state index contributed by atoms with van der Waals surface area (Å²) >= 11 is 0. The maximum absolute atomic E-state index is 4.53. The van der Waals surface area contributed by atoms with Crippen molar-refractivity contribution >= 4 is 11.6 Å². The van der Waals surface area contributed by atoms with Crippen LogP contribution >= 0.6 is 0 Å². The van der Waals surface area contributed by atoms with E-state index >= 15 is 0 Å². The van der Waals surface area contributed by atoms with Crippen LogP contribution in [0.3, 0.4) is 0 Å². The molecule has 4 heteroatoms. The Morgan fingerprint density at radius 3 is 2.88 bits per heavy atom. The van der Waals surface area contributed by atoms with E-state index in [9.17, 15) is 0 Å². The van der Waals surface area contributed by atoms with Gasteiger partial charge < -0.3 is 10.2 Å². The lowest BCUT2D eigenvalue weighted by Gasteiger charge is -2.34. The first kappa shape index (κ1) is 11.2. The van der Waals surface area contributed by atoms with E-state index in [4.69, 9.17) is 0 Å². The first-order chi connectivity index (χ1) is 7.70. The minimum atomic E-state index is 0.591. The Morgan fingerprint density at radius 2 is 2.19 bits per heavy atom. The van der Waals surface area contributed by atoms with Gasteiger partial charge in [-0.2, -0.15) is 0 Å². The number of aromatic nitrogens is 2. The van der Waals surface area contributed by atoms with Gasteiger partial charge in [-0.1, -0.05) is 0 Å². The van der Waals surface area contributed by atoms with Crippen LogP contribution in [0.2, 0.25) is 0 Å². The number of anilines is 2. The highest BCUT2D eigenvalue weighted by atomic mass is 15.2. The number of hydrogen-bond donors (Lipinski definition) is 1. The van der Waals surface area contributed by atoms with Gasteiger partial charge >= 0.3 is 0 Å². The molecule has 0 saturated carbocycles. The van der Waals surface area contributed by atoms with Crippen LogP contribution < -0.4 is 10.2 Å². The summed E-state index contributed by atoms with van der Waals surface area (Å²) in [5, 5.41) is 3.08. The van der Waals surface area contributed by atoms with Crippen molar-refractivity contribution in [3.8, 4) is 0 Å². The number of aryl methyl sites for hydroxylation is 1. The van der Waals surface area contributed by atoms with Crippen molar-refractivity contribution < 1.29 is 0 Å². The number of nitrogens with one attached hydrogen (secondary N) is 1. The molecule has 88 valence electrons. The Morgan fingerprint density at radius 1 is 1.38 bits per heavy atom. The lowest BCUT2D eigenvalue weighted by molar-refractivity contribution is 0.480. The molecule has 1 aliphatic heterocycles. The van der Waals surface area contributed by atoms with Gasteiger partial charge in [0.15, 0.2) is 0 Å². The van der Waals surface area contributed by atoms with Gasteiger partial charge in [0.2, 0.25) is 0 Å². The summed E-state index contributed by atoms with van der Waals surface area (Å²) in [5.41, 5.74) is 0. The average Bonchev–Trinajstić information content (AvgIpc) is 2.28. The van der Waals surface area contributed by atoms with Gasteiger partial charge in [0, 0.05) is 25.7 Å². The average molecular weight is 220 g/mol. The second kappa shape index (κ2) is 4.68. The van der Waals surface area contributed by atoms with Crippen LogP contribution in [-0.4, -0.2) is 29.6 Å². The summed E-state index contributed by atoms with van der Waals surface area (Å²) in [5.74, 6) is 2.80. The van der Waals surface area contributed by atoms with Crippen LogP contribution in [0.15, 0.2) is 6.07 Å². The fraction of sp³-hybridized carbons (Fsp3) is 0.667. The second-order valence-electron chi connectivity index (χ2n) is 4.45. The Kier molecular flexibility index (Phi) is 3.27. The smallest absolute Gasteiger partial charge is 0.134 e. The minimum Gasteiger partial charge on any atom is -0.373 e. The highest BCUT2D eigenvalue weighted by Gasteiger charge is 2.20. The first-order valence-electron chi connectivity index (χ1n) is 6.01. The number of nitrogens with zero attached hydrogens (tertiary/aromatic N) is 3. The molecule has 1 N–H and O–H groups in total. The van der Waals surface area contributed by atoms with Crippen LogP contribution in [0, 0.1) is 6.92 Å². The van der Waals surface area contributed by atoms with Crippen molar-refractivity contribution in [2.45, 2.75) is 39.2 Å². The fourth-order valence-corrected chi connectivity index (χ4v) is 2.27. The van der Waals surface area contributed by atoms with Gasteiger partial charge in [-0.05, 0) is 33.1 Å². The van der Waals surface area contributed by atoms with E-state index in [-0.39, 0.29) is 0 Å². The third-order valence-electron chi connectivity index (χ3n) is 3.18. The van der Waals surface area contributed by atoms with E-state index in [1.165, 1.54) is 19.3 Å². The van der Waals surface area contributed by atoms with Gasteiger partial charge in [-0.3, -0.25) is 0 Å². The molecule has 1 fully saturated rings. The third-order valence-corrected chi connectivity index (χ3v) is 3.18. The highest BCUT2D eigenvalue weighted by Crippen LogP contribution is 2.24. The standard InChI is InChI=1S/C12H20N4/c1-9-6-4-5-7-16(9)12-8-11(13-3)14-10(2)15-12/h8-9H,4-7H2,1-3H3,(H,13,14,15). The van der Waals surface area contributed by atoms with E-state index in [1.54, 1.807) is 0 Å². The van der Waals surface area contributed by atoms with Crippen LogP contribution in [0.25, 0.3) is 0 Å². The molecule has 0 spiro atoms. The molecule has 0 aromatic carbocycles. The van der Waals surface area contributed by atoms with E-state index in [0.29, 0.717) is 6.04 Å². The first-order valence-corrected chi connectivity index (χ1v) is 6.01. The zero-order chi connectivity index (χ0) is 11.5. The van der Waals surface area contributed by atoms with E-state index in [0.717, 1.165) is 24.0 Å². The predicted molar refractivity (Wildman–Crippen MR) is 67.0 cm³/mol. The molecular weight excluding hydrogens is 200 g/mol. The Labute approximate surface area is 97.1 Å². The summed E-state index contributed by atoms with van der Waals surface area (Å²) in [6.07, 6.45) is 3.86. The molecule has 1 aromatic heterocycles. The topological polar surface area (TPSA) is 41.0 Å². The van der Waals surface area contributed by atoms with Gasteiger partial charge in [0.05, 0.1) is 0 Å². The molecule has 1 atom stereocenters. The number of piperidine rings is 1. The van der Waals surface area contributed by atoms with Crippen molar-refractivity contribution in [2.24, 2.45) is 0 Å². The zero-order valence-electron chi connectivity index (χ0n) is 10.3. The maximum Gasteiger partial charge on any atom is 0.134 e. The fourth-order valence-electron chi connectivity index (χ4n) is 2.27. The largest absolute Gasteiger partial charge is 0.373 e. The Balaban J connectivity index is 2.27. The van der Waals surface area contributed by atoms with Crippen molar-refractivity contribution in [1.29, 1.82) is 0 Å². The molecule has 2 heterocycles. The van der Waals surface area contributed by atoms with E-state index < -0.39 is 0 Å². The zero-order valence-corrected chi connectivity index (χ0v) is 10.3. The van der Waals surface area contributed by atoms with Gasteiger partial charge in [0.1, 0.15) is 17.5 Å². The quantitative estimate of drug-likeness (QED) is 0.829. The monoisotopic (exact) mass is 220 g/mol. The second-order valence-corrected chi connectivity index (χ2v) is 4.45. The molecule has 0 aliphatic carbocycles. The molecule has 1 aliphatic rings. The lowest BCUT2D eigenvalue weighted by Crippen LogP contribution is -2.38. The van der Waals surface area contributed by atoms with Crippen molar-refractivity contribution in [3.05, 3.63) is 11.9 Å². The number of hydrogen-bond acceptors (Lipinski definition) is 4. The Bertz CT molecular complexity index is 364. The molecule has 0 bridgehead atoms. The van der Waals surface area contributed by atoms with E-state index in [2.05, 4.69) is 27.1 Å². The normalized spacial score (nSPS) is 20.9. The molecule has 1 unspecified atom stereocenters. The van der Waals surface area contributed by atoms with E-state index in [1.807, 2.05) is 20.0 Å². The summed E-state index contributed by atoms with van der Waals surface area (Å²) in [6.45, 7) is 5.33. The van der Waals surface area contributed by atoms with Gasteiger partial charge in [-0.25, -0.2) is 9.97 Å². The molecule has 0 radical (unpaired) electrons. The molecule has 2 rings (SSSR count). The lowest BCUT2D eigenvalue weighted by atomic mass is 10.0. The maximum atomic E-state index is 4.53. The predicted octanol–water partition coefficient (Wildman–Crippen LogP) is 2.21. The third kappa shape index (κ3) is 2.26. The molecule has 1 saturated heterocycles. The number of rotatable bonds is 2. The minimum absolute atomic E-state index is 0.591. The van der Waals surface area contributed by atoms with Crippen molar-refractivity contribution in [3.63, 3.8) is 0 Å². The highest BCUT2D eigenvalue weighted by molar-refractivity contribution is 5.49. The summed E-state index contributed by atoms with van der Waals surface area (Å²) in [7, 11) is 1.89. The van der Waals surface area contributed by atoms with Crippen molar-refractivity contribution in [1.82, 2.24) is 9.97 Å². The molecule has 4 nitrogen and oxygen atoms in total. The summed E-state index contributed by atoms with van der Waals surface area (Å²) in [6, 6.07) is 2.63. The van der Waals surface area contributed by atoms with Crippen LogP contribution in [0.1, 0.15) is 32.0 Å². The van der Waals surface area contributed by atoms with Gasteiger partial charge in [-0.15, -0.1) is 0 Å². The summed E-state index contributed by atoms with van der Waals surface area (Å²) < 4.78 is 0. The SMILES string of the molecule is CNc1cc(N2CCCCC2C)nc(C)n1. The summed E-state index contributed by atoms with van der Waals surface area (Å²) in [4.78, 5) is 11.2. The van der Waals surface area contributed by atoms with Gasteiger partial charge in [0.25, 0.3) is 0 Å². The van der Waals surface area contributed by atoms with Crippen LogP contribution in [0.5, 0.6) is 0 Å². The van der Waals surface area contributed by atoms with Crippen LogP contribution in [-0.2, 0) is 0 Å². The Hall–Kier alpha value is -1.32. The van der Waals surface area contributed by atoms with Crippen LogP contribution in [0.4, 0.5) is 11.6 Å². The molecular formula is C12H20N4. The molecule has 0 amide bonds. The molecule has 16 heavy (non-hydrogen) atoms.